The van der Waals surface area contributed by atoms with Gasteiger partial charge in [0, 0.05) is 39.3 Å². The predicted octanol–water partition coefficient (Wildman–Crippen LogP) is 1.22. The molecular weight excluding hydrogens is 402 g/mol. The van der Waals surface area contributed by atoms with Crippen LogP contribution < -0.4 is 0 Å². The van der Waals surface area contributed by atoms with Crippen LogP contribution in [0.4, 0.5) is 0 Å². The van der Waals surface area contributed by atoms with Crippen LogP contribution in [0.3, 0.4) is 0 Å². The number of hydrogen-bond donors (Lipinski definition) is 2. The van der Waals surface area contributed by atoms with Crippen LogP contribution >= 0.6 is 0 Å². The Hall–Kier alpha value is -1.71. The Morgan fingerprint density at radius 2 is 1.58 bits per heavy atom. The van der Waals surface area contributed by atoms with E-state index in [1.165, 1.54) is 51.6 Å². The largest absolute Gasteiger partial charge is 0.483 e. The number of likely N-dealkylation sites (tertiary alicyclic amines) is 1. The number of carbonyl (C=O) groups is 3. The molecule has 3 aliphatic heterocycles. The molecule has 4 fully saturated rings. The van der Waals surface area contributed by atoms with E-state index >= 15 is 0 Å². The lowest BCUT2D eigenvalue weighted by Gasteiger charge is -2.37. The van der Waals surface area contributed by atoms with Gasteiger partial charge in [0.1, 0.15) is 6.10 Å². The second-order valence-electron chi connectivity index (χ2n) is 9.05. The van der Waals surface area contributed by atoms with E-state index in [2.05, 4.69) is 16.8 Å². The number of carboxylic acid groups (broad SMARTS) is 2. The van der Waals surface area contributed by atoms with Gasteiger partial charge in [-0.25, -0.2) is 0 Å². The summed E-state index contributed by atoms with van der Waals surface area (Å²) in [6.45, 7) is 6.70. The molecule has 0 spiro atoms. The third kappa shape index (κ3) is 8.05. The van der Waals surface area contributed by atoms with Crippen molar-refractivity contribution >= 4 is 18.9 Å². The molecule has 3 saturated heterocycles. The van der Waals surface area contributed by atoms with Crippen molar-refractivity contribution in [3.63, 3.8) is 0 Å². The molecule has 1 saturated carbocycles. The van der Waals surface area contributed by atoms with E-state index in [1.54, 1.807) is 0 Å². The third-order valence-corrected chi connectivity index (χ3v) is 6.97. The highest BCUT2D eigenvalue weighted by atomic mass is 16.5. The molecule has 3 heterocycles. The Morgan fingerprint density at radius 1 is 0.968 bits per heavy atom. The van der Waals surface area contributed by atoms with Crippen molar-refractivity contribution in [3.05, 3.63) is 0 Å². The first kappa shape index (κ1) is 25.5. The van der Waals surface area contributed by atoms with E-state index in [0.29, 0.717) is 12.0 Å². The second-order valence-corrected chi connectivity index (χ2v) is 9.05. The minimum atomic E-state index is -0.250. The summed E-state index contributed by atoms with van der Waals surface area (Å²) in [5, 5.41) is 13.8. The smallest absolute Gasteiger partial charge is 0.290 e. The van der Waals surface area contributed by atoms with Gasteiger partial charge >= 0.3 is 0 Å². The topological polar surface area (TPSA) is 111 Å². The molecule has 9 nitrogen and oxygen atoms in total. The van der Waals surface area contributed by atoms with Gasteiger partial charge in [-0.1, -0.05) is 19.3 Å². The van der Waals surface area contributed by atoms with Crippen LogP contribution in [0.25, 0.3) is 0 Å². The van der Waals surface area contributed by atoms with E-state index in [0.717, 1.165) is 45.1 Å². The number of nitrogens with zero attached hydrogens (tertiary/aromatic N) is 3. The normalized spacial score (nSPS) is 29.6. The van der Waals surface area contributed by atoms with Gasteiger partial charge in [0.25, 0.3) is 18.9 Å². The number of ether oxygens (including phenoxy) is 1. The lowest BCUT2D eigenvalue weighted by Crippen LogP contribution is -2.50. The van der Waals surface area contributed by atoms with Crippen molar-refractivity contribution in [2.45, 2.75) is 57.2 Å². The van der Waals surface area contributed by atoms with Gasteiger partial charge < -0.3 is 29.6 Å². The maximum atomic E-state index is 12.8. The fourth-order valence-corrected chi connectivity index (χ4v) is 5.28. The molecule has 0 unspecified atom stereocenters. The average molecular weight is 442 g/mol. The molecule has 0 aromatic heterocycles. The lowest BCUT2D eigenvalue weighted by molar-refractivity contribution is -0.145. The number of hydrogen-bond acceptors (Lipinski definition) is 6. The van der Waals surface area contributed by atoms with Crippen molar-refractivity contribution in [2.24, 2.45) is 11.8 Å². The molecule has 2 N–H and O–H groups in total. The van der Waals surface area contributed by atoms with Crippen molar-refractivity contribution < 1.29 is 29.3 Å². The van der Waals surface area contributed by atoms with E-state index in [1.807, 2.05) is 4.90 Å². The van der Waals surface area contributed by atoms with Crippen molar-refractivity contribution in [1.82, 2.24) is 14.7 Å². The van der Waals surface area contributed by atoms with Crippen LogP contribution in [-0.4, -0.2) is 109 Å². The highest BCUT2D eigenvalue weighted by Gasteiger charge is 2.43. The average Bonchev–Trinajstić information content (AvgIpc) is 3.19. The monoisotopic (exact) mass is 441 g/mol. The maximum absolute atomic E-state index is 12.8. The summed E-state index contributed by atoms with van der Waals surface area (Å²) in [6, 6.07) is 0. The number of rotatable bonds is 3. The molecule has 0 radical (unpaired) electrons. The highest BCUT2D eigenvalue weighted by molar-refractivity contribution is 5.81. The summed E-state index contributed by atoms with van der Waals surface area (Å²) >= 11 is 0. The van der Waals surface area contributed by atoms with Gasteiger partial charge in [-0.05, 0) is 51.1 Å². The van der Waals surface area contributed by atoms with E-state index in [-0.39, 0.29) is 25.0 Å². The van der Waals surface area contributed by atoms with Crippen molar-refractivity contribution in [3.8, 4) is 0 Å². The Kier molecular flexibility index (Phi) is 11.2. The zero-order valence-electron chi connectivity index (χ0n) is 18.7. The van der Waals surface area contributed by atoms with Crippen LogP contribution in [0.15, 0.2) is 0 Å². The third-order valence-electron chi connectivity index (χ3n) is 6.97. The molecule has 1 aliphatic carbocycles. The number of fused-ring (bicyclic) bond motifs is 1. The van der Waals surface area contributed by atoms with Crippen LogP contribution in [0.1, 0.15) is 44.9 Å². The summed E-state index contributed by atoms with van der Waals surface area (Å²) < 4.78 is 6.28. The summed E-state index contributed by atoms with van der Waals surface area (Å²) in [6.07, 6.45) is 9.38. The second kappa shape index (κ2) is 13.6. The van der Waals surface area contributed by atoms with Crippen LogP contribution in [-0.2, 0) is 19.1 Å². The van der Waals surface area contributed by atoms with Crippen molar-refractivity contribution in [2.75, 3.05) is 52.9 Å². The molecular formula is C22H39N3O6. The SMILES string of the molecule is CN1CCN(C(=O)[C@H]2C[C@@H]3CCN(CC4CCCCC4)C[C@H]3O2)CC1.O=CO.O=CO. The molecule has 3 atom stereocenters. The summed E-state index contributed by atoms with van der Waals surface area (Å²) in [4.78, 5) is 36.5. The Bertz CT molecular complexity index is 543. The minimum Gasteiger partial charge on any atom is -0.483 e. The van der Waals surface area contributed by atoms with Crippen LogP contribution in [0.5, 0.6) is 0 Å². The molecule has 4 rings (SSSR count). The Balaban J connectivity index is 0.000000513. The quantitative estimate of drug-likeness (QED) is 0.629. The van der Waals surface area contributed by atoms with Gasteiger partial charge in [0.2, 0.25) is 0 Å². The molecule has 31 heavy (non-hydrogen) atoms. The molecule has 0 aromatic rings. The predicted molar refractivity (Wildman–Crippen MR) is 116 cm³/mol. The molecule has 4 aliphatic rings. The van der Waals surface area contributed by atoms with Gasteiger partial charge in [0.05, 0.1) is 6.10 Å². The summed E-state index contributed by atoms with van der Waals surface area (Å²) in [5.74, 6) is 1.75. The van der Waals surface area contributed by atoms with E-state index in [4.69, 9.17) is 24.5 Å². The first-order valence-corrected chi connectivity index (χ1v) is 11.5. The van der Waals surface area contributed by atoms with Gasteiger partial charge in [-0.2, -0.15) is 0 Å². The van der Waals surface area contributed by atoms with Crippen LogP contribution in [0, 0.1) is 11.8 Å². The number of likely N-dealkylation sites (N-methyl/N-ethyl adjacent to an activating group) is 1. The zero-order chi connectivity index (χ0) is 22.6. The fraction of sp³-hybridized carbons (Fsp3) is 0.864. The maximum Gasteiger partial charge on any atom is 0.290 e. The highest BCUT2D eigenvalue weighted by Crippen LogP contribution is 2.35. The zero-order valence-corrected chi connectivity index (χ0v) is 18.7. The molecule has 0 bridgehead atoms. The minimum absolute atomic E-state index is 0.173. The standard InChI is InChI=1S/C20H35N3O2.2CH2O2/c1-21-9-11-23(12-10-21)20(24)18-13-17-7-8-22(15-19(17)25-18)14-16-5-3-2-4-6-16;2*2-1-3/h16-19H,2-15H2,1H3;2*1H,(H,2,3)/t17-,18+,19+;;/m0../s1. The summed E-state index contributed by atoms with van der Waals surface area (Å²) in [5.41, 5.74) is 0. The first-order chi connectivity index (χ1) is 15.0. The Labute approximate surface area is 185 Å². The summed E-state index contributed by atoms with van der Waals surface area (Å²) in [7, 11) is 2.13. The molecule has 9 heteroatoms. The molecule has 1 amide bonds. The van der Waals surface area contributed by atoms with Crippen molar-refractivity contribution in [1.29, 1.82) is 0 Å². The molecule has 0 aromatic carbocycles. The number of amides is 1. The number of carbonyl (C=O) groups excluding carboxylic acids is 1. The van der Waals surface area contributed by atoms with Gasteiger partial charge in [-0.15, -0.1) is 0 Å². The number of piperidine rings is 1. The first-order valence-electron chi connectivity index (χ1n) is 11.5. The number of piperazine rings is 1. The van der Waals surface area contributed by atoms with Crippen LogP contribution in [0.2, 0.25) is 0 Å². The lowest BCUT2D eigenvalue weighted by atomic mass is 9.87. The Morgan fingerprint density at radius 3 is 2.19 bits per heavy atom. The fourth-order valence-electron chi connectivity index (χ4n) is 5.28. The van der Waals surface area contributed by atoms with Gasteiger partial charge in [-0.3, -0.25) is 14.4 Å². The molecule has 178 valence electrons. The van der Waals surface area contributed by atoms with E-state index in [9.17, 15) is 4.79 Å². The van der Waals surface area contributed by atoms with E-state index < -0.39 is 0 Å². The van der Waals surface area contributed by atoms with Gasteiger partial charge in [0.15, 0.2) is 0 Å².